The van der Waals surface area contributed by atoms with Gasteiger partial charge in [0.05, 0.1) is 17.3 Å². The van der Waals surface area contributed by atoms with Gasteiger partial charge in [-0.3, -0.25) is 14.0 Å². The highest BCUT2D eigenvalue weighted by Crippen LogP contribution is 2.28. The fraction of sp³-hybridized carbons (Fsp3) is 0.211. The van der Waals surface area contributed by atoms with E-state index in [-0.39, 0.29) is 22.5 Å². The minimum absolute atomic E-state index is 0.196. The number of carbonyl (C=O) groups is 1. The molecule has 1 aliphatic heterocycles. The zero-order chi connectivity index (χ0) is 19.8. The van der Waals surface area contributed by atoms with E-state index in [0.29, 0.717) is 29.2 Å². The summed E-state index contributed by atoms with van der Waals surface area (Å²) in [4.78, 5) is 18.5. The SMILES string of the molecule is Cc1cc(-n2nc(C(=O)N3CCS(=O)C3)cc2-c2cc(F)cc(Cl)c2)ccn1. The van der Waals surface area contributed by atoms with E-state index in [1.165, 1.54) is 17.0 Å². The van der Waals surface area contributed by atoms with E-state index in [4.69, 9.17) is 11.6 Å². The van der Waals surface area contributed by atoms with E-state index in [2.05, 4.69) is 10.1 Å². The number of aryl methyl sites for hydroxylation is 1. The molecule has 0 radical (unpaired) electrons. The van der Waals surface area contributed by atoms with Crippen LogP contribution in [0.2, 0.25) is 5.02 Å². The summed E-state index contributed by atoms with van der Waals surface area (Å²) >= 11 is 6.02. The predicted molar refractivity (Wildman–Crippen MR) is 105 cm³/mol. The van der Waals surface area contributed by atoms with Crippen LogP contribution in [0.3, 0.4) is 0 Å². The third-order valence-electron chi connectivity index (χ3n) is 4.39. The van der Waals surface area contributed by atoms with Gasteiger partial charge >= 0.3 is 0 Å². The molecule has 1 atom stereocenters. The zero-order valence-corrected chi connectivity index (χ0v) is 16.5. The molecule has 2 aromatic heterocycles. The number of nitrogens with zero attached hydrogens (tertiary/aromatic N) is 4. The van der Waals surface area contributed by atoms with Crippen molar-refractivity contribution in [3.63, 3.8) is 0 Å². The summed E-state index contributed by atoms with van der Waals surface area (Å²) < 4.78 is 27.1. The van der Waals surface area contributed by atoms with Crippen LogP contribution in [0.4, 0.5) is 4.39 Å². The maximum atomic E-state index is 13.9. The third-order valence-corrected chi connectivity index (χ3v) is 5.84. The Labute approximate surface area is 168 Å². The first-order valence-corrected chi connectivity index (χ1v) is 10.4. The van der Waals surface area contributed by atoms with Crippen molar-refractivity contribution in [2.24, 2.45) is 0 Å². The van der Waals surface area contributed by atoms with Crippen molar-refractivity contribution in [3.05, 3.63) is 64.8 Å². The highest BCUT2D eigenvalue weighted by molar-refractivity contribution is 7.85. The number of amides is 1. The fourth-order valence-corrected chi connectivity index (χ4v) is 4.46. The summed E-state index contributed by atoms with van der Waals surface area (Å²) in [6.45, 7) is 2.27. The van der Waals surface area contributed by atoms with Gasteiger partial charge in [0.2, 0.25) is 0 Å². The second-order valence-electron chi connectivity index (χ2n) is 6.48. The van der Waals surface area contributed by atoms with Crippen LogP contribution in [0.25, 0.3) is 16.9 Å². The molecule has 1 fully saturated rings. The molecule has 0 bridgehead atoms. The number of rotatable bonds is 3. The molecular weight excluding hydrogens is 403 g/mol. The first-order chi connectivity index (χ1) is 13.4. The molecule has 0 saturated carbocycles. The summed E-state index contributed by atoms with van der Waals surface area (Å²) in [5.41, 5.74) is 2.68. The van der Waals surface area contributed by atoms with Crippen LogP contribution in [0.1, 0.15) is 16.2 Å². The van der Waals surface area contributed by atoms with Gasteiger partial charge in [0.1, 0.15) is 5.82 Å². The smallest absolute Gasteiger partial charge is 0.275 e. The minimum Gasteiger partial charge on any atom is -0.324 e. The summed E-state index contributed by atoms with van der Waals surface area (Å²) in [5, 5.41) is 4.71. The molecule has 1 amide bonds. The number of aromatic nitrogens is 3. The summed E-state index contributed by atoms with van der Waals surface area (Å²) in [7, 11) is -1.03. The van der Waals surface area contributed by atoms with Crippen molar-refractivity contribution < 1.29 is 13.4 Å². The lowest BCUT2D eigenvalue weighted by atomic mass is 10.1. The van der Waals surface area contributed by atoms with Crippen LogP contribution >= 0.6 is 11.6 Å². The van der Waals surface area contributed by atoms with Crippen molar-refractivity contribution in [2.75, 3.05) is 18.2 Å². The quantitative estimate of drug-likeness (QED) is 0.655. The van der Waals surface area contributed by atoms with Crippen molar-refractivity contribution in [2.45, 2.75) is 6.92 Å². The van der Waals surface area contributed by atoms with E-state index in [1.54, 1.807) is 29.1 Å². The van der Waals surface area contributed by atoms with Crippen molar-refractivity contribution in [1.82, 2.24) is 19.7 Å². The average molecular weight is 419 g/mol. The van der Waals surface area contributed by atoms with Gasteiger partial charge in [-0.25, -0.2) is 9.07 Å². The molecule has 0 N–H and O–H groups in total. The second-order valence-corrected chi connectivity index (χ2v) is 8.46. The molecule has 3 aromatic rings. The molecule has 4 rings (SSSR count). The van der Waals surface area contributed by atoms with E-state index in [1.807, 2.05) is 13.0 Å². The highest BCUT2D eigenvalue weighted by Gasteiger charge is 2.27. The van der Waals surface area contributed by atoms with Crippen molar-refractivity contribution in [1.29, 1.82) is 0 Å². The number of pyridine rings is 1. The molecule has 28 heavy (non-hydrogen) atoms. The fourth-order valence-electron chi connectivity index (χ4n) is 3.09. The van der Waals surface area contributed by atoms with Gasteiger partial charge in [0.25, 0.3) is 5.91 Å². The summed E-state index contributed by atoms with van der Waals surface area (Å²) in [6.07, 6.45) is 1.64. The van der Waals surface area contributed by atoms with Crippen LogP contribution in [-0.4, -0.2) is 48.0 Å². The highest BCUT2D eigenvalue weighted by atomic mass is 35.5. The maximum Gasteiger partial charge on any atom is 0.275 e. The molecular formula is C19H16ClFN4O2S. The molecule has 144 valence electrons. The minimum atomic E-state index is -1.03. The van der Waals surface area contributed by atoms with Gasteiger partial charge in [0.15, 0.2) is 5.69 Å². The standard InChI is InChI=1S/C19H16ClFN4O2S/c1-12-6-16(2-3-22-12)25-18(13-7-14(20)9-15(21)8-13)10-17(23-25)19(26)24-4-5-28(27)11-24/h2-3,6-10H,4-5,11H2,1H3. The Morgan fingerprint density at radius 3 is 2.75 bits per heavy atom. The predicted octanol–water partition coefficient (Wildman–Crippen LogP) is 3.20. The molecule has 1 saturated heterocycles. The summed E-state index contributed by atoms with van der Waals surface area (Å²) in [5.74, 6) is -0.132. The lowest BCUT2D eigenvalue weighted by molar-refractivity contribution is 0.0796. The Morgan fingerprint density at radius 2 is 2.07 bits per heavy atom. The molecule has 1 aliphatic rings. The lowest BCUT2D eigenvalue weighted by Gasteiger charge is -2.11. The third kappa shape index (κ3) is 3.70. The maximum absolute atomic E-state index is 13.9. The van der Waals surface area contributed by atoms with Gasteiger partial charge < -0.3 is 4.90 Å². The number of hydrogen-bond acceptors (Lipinski definition) is 4. The Morgan fingerprint density at radius 1 is 1.25 bits per heavy atom. The topological polar surface area (TPSA) is 68.1 Å². The van der Waals surface area contributed by atoms with E-state index >= 15 is 0 Å². The van der Waals surface area contributed by atoms with Crippen LogP contribution in [0.5, 0.6) is 0 Å². The van der Waals surface area contributed by atoms with Gasteiger partial charge in [-0.2, -0.15) is 5.10 Å². The molecule has 0 spiro atoms. The Hall–Kier alpha value is -2.58. The van der Waals surface area contributed by atoms with Gasteiger partial charge in [-0.05, 0) is 43.3 Å². The molecule has 1 aromatic carbocycles. The summed E-state index contributed by atoms with van der Waals surface area (Å²) in [6, 6.07) is 9.34. The van der Waals surface area contributed by atoms with Gasteiger partial charge in [-0.15, -0.1) is 0 Å². The molecule has 6 nitrogen and oxygen atoms in total. The molecule has 9 heteroatoms. The number of benzene rings is 1. The lowest BCUT2D eigenvalue weighted by Crippen LogP contribution is -2.28. The van der Waals surface area contributed by atoms with Gasteiger partial charge in [0, 0.05) is 45.6 Å². The molecule has 3 heterocycles. The van der Waals surface area contributed by atoms with E-state index < -0.39 is 16.6 Å². The zero-order valence-electron chi connectivity index (χ0n) is 14.9. The van der Waals surface area contributed by atoms with Crippen LogP contribution in [0, 0.1) is 12.7 Å². The molecule has 0 aliphatic carbocycles. The van der Waals surface area contributed by atoms with Gasteiger partial charge in [-0.1, -0.05) is 11.6 Å². The van der Waals surface area contributed by atoms with Crippen molar-refractivity contribution >= 4 is 28.3 Å². The number of carbonyl (C=O) groups excluding carboxylic acids is 1. The van der Waals surface area contributed by atoms with Crippen LogP contribution in [-0.2, 0) is 10.8 Å². The normalized spacial score (nSPS) is 16.5. The largest absolute Gasteiger partial charge is 0.324 e. The van der Waals surface area contributed by atoms with Crippen molar-refractivity contribution in [3.8, 4) is 16.9 Å². The number of hydrogen-bond donors (Lipinski definition) is 0. The Bertz CT molecular complexity index is 1080. The second kappa shape index (κ2) is 7.44. The van der Waals surface area contributed by atoms with E-state index in [9.17, 15) is 13.4 Å². The Kier molecular flexibility index (Phi) is 4.99. The number of halogens is 2. The first-order valence-electron chi connectivity index (χ1n) is 8.54. The van der Waals surface area contributed by atoms with Crippen LogP contribution in [0.15, 0.2) is 42.6 Å². The first kappa shape index (κ1) is 18.8. The van der Waals surface area contributed by atoms with E-state index in [0.717, 1.165) is 5.69 Å². The monoisotopic (exact) mass is 418 g/mol. The van der Waals surface area contributed by atoms with Crippen LogP contribution < -0.4 is 0 Å². The Balaban J connectivity index is 1.84. The molecule has 1 unspecified atom stereocenters. The average Bonchev–Trinajstić information content (AvgIpc) is 3.27.